The molecule has 0 saturated heterocycles. The first-order chi connectivity index (χ1) is 9.18. The van der Waals surface area contributed by atoms with Gasteiger partial charge in [-0.25, -0.2) is 4.79 Å². The van der Waals surface area contributed by atoms with Gasteiger partial charge in [-0.15, -0.1) is 11.6 Å². The van der Waals surface area contributed by atoms with Crippen molar-refractivity contribution in [1.82, 2.24) is 0 Å². The second-order valence-electron chi connectivity index (χ2n) is 5.06. The molecule has 0 radical (unpaired) electrons. The molecular formula is C15H27ClO3. The highest BCUT2D eigenvalue weighted by atomic mass is 35.5. The Bertz CT molecular complexity index is 242. The maximum Gasteiger partial charge on any atom is 0.372 e. The van der Waals surface area contributed by atoms with E-state index >= 15 is 0 Å². The number of hydrogen-bond acceptors (Lipinski definition) is 2. The van der Waals surface area contributed by atoms with E-state index in [4.69, 9.17) is 16.7 Å². The van der Waals surface area contributed by atoms with Crippen LogP contribution in [0.15, 0.2) is 0 Å². The van der Waals surface area contributed by atoms with Gasteiger partial charge in [0.1, 0.15) is 0 Å². The van der Waals surface area contributed by atoms with E-state index in [1.807, 2.05) is 0 Å². The fourth-order valence-corrected chi connectivity index (χ4v) is 2.27. The Hall–Kier alpha value is -0.570. The lowest BCUT2D eigenvalue weighted by Crippen LogP contribution is -2.11. The number of carbonyl (C=O) groups is 2. The molecule has 0 atom stereocenters. The van der Waals surface area contributed by atoms with E-state index in [-0.39, 0.29) is 6.42 Å². The maximum absolute atomic E-state index is 10.8. The minimum absolute atomic E-state index is 0.190. The predicted molar refractivity (Wildman–Crippen MR) is 78.8 cm³/mol. The third-order valence-electron chi connectivity index (χ3n) is 3.28. The number of Topliss-reactive ketones (excluding diaryl/α,β-unsaturated/α-hetero) is 1. The number of carboxylic acids is 1. The number of unbranched alkanes of at least 4 members (excludes halogenated alkanes) is 10. The Balaban J connectivity index is 3.07. The summed E-state index contributed by atoms with van der Waals surface area (Å²) in [7, 11) is 0. The van der Waals surface area contributed by atoms with Crippen LogP contribution in [0.25, 0.3) is 0 Å². The Morgan fingerprint density at radius 2 is 1.05 bits per heavy atom. The molecule has 0 rings (SSSR count). The molecule has 0 saturated carbocycles. The predicted octanol–water partition coefficient (Wildman–Crippen LogP) is 4.56. The summed E-state index contributed by atoms with van der Waals surface area (Å²) in [4.78, 5) is 21.1. The molecular weight excluding hydrogens is 264 g/mol. The minimum atomic E-state index is -1.30. The number of aliphatic carboxylic acids is 1. The zero-order valence-electron chi connectivity index (χ0n) is 11.8. The van der Waals surface area contributed by atoms with Crippen molar-refractivity contribution in [1.29, 1.82) is 0 Å². The second-order valence-corrected chi connectivity index (χ2v) is 5.43. The number of carbonyl (C=O) groups excluding carboxylic acids is 1. The van der Waals surface area contributed by atoms with E-state index in [2.05, 4.69) is 0 Å². The molecule has 0 aromatic carbocycles. The van der Waals surface area contributed by atoms with Crippen LogP contribution in [-0.4, -0.2) is 22.7 Å². The normalized spacial score (nSPS) is 10.6. The van der Waals surface area contributed by atoms with Gasteiger partial charge in [0, 0.05) is 12.3 Å². The van der Waals surface area contributed by atoms with E-state index in [0.29, 0.717) is 6.42 Å². The fraction of sp³-hybridized carbons (Fsp3) is 0.867. The number of ketones is 1. The summed E-state index contributed by atoms with van der Waals surface area (Å²) in [5, 5.41) is 8.40. The van der Waals surface area contributed by atoms with Crippen LogP contribution in [0.1, 0.15) is 77.0 Å². The van der Waals surface area contributed by atoms with E-state index in [1.54, 1.807) is 0 Å². The molecule has 0 spiro atoms. The summed E-state index contributed by atoms with van der Waals surface area (Å²) >= 11 is 5.61. The molecule has 4 heteroatoms. The molecule has 0 heterocycles. The van der Waals surface area contributed by atoms with Crippen LogP contribution in [0, 0.1) is 0 Å². The summed E-state index contributed by atoms with van der Waals surface area (Å²) in [6, 6.07) is 0. The van der Waals surface area contributed by atoms with Crippen LogP contribution in [0.3, 0.4) is 0 Å². The summed E-state index contributed by atoms with van der Waals surface area (Å²) in [5.41, 5.74) is 0. The van der Waals surface area contributed by atoms with Gasteiger partial charge in [-0.05, 0) is 12.8 Å². The highest BCUT2D eigenvalue weighted by molar-refractivity contribution is 6.32. The van der Waals surface area contributed by atoms with Gasteiger partial charge in [-0.1, -0.05) is 57.8 Å². The van der Waals surface area contributed by atoms with Gasteiger partial charge >= 0.3 is 5.97 Å². The minimum Gasteiger partial charge on any atom is -0.476 e. The van der Waals surface area contributed by atoms with Crippen molar-refractivity contribution in [2.24, 2.45) is 0 Å². The molecule has 19 heavy (non-hydrogen) atoms. The Kier molecular flexibility index (Phi) is 13.4. The molecule has 0 unspecified atom stereocenters. The molecule has 0 aromatic rings. The first-order valence-electron chi connectivity index (χ1n) is 7.50. The smallest absolute Gasteiger partial charge is 0.372 e. The zero-order chi connectivity index (χ0) is 14.3. The van der Waals surface area contributed by atoms with Crippen molar-refractivity contribution < 1.29 is 14.7 Å². The largest absolute Gasteiger partial charge is 0.476 e. The van der Waals surface area contributed by atoms with Crippen molar-refractivity contribution in [3.05, 3.63) is 0 Å². The maximum atomic E-state index is 10.8. The second kappa shape index (κ2) is 13.9. The molecule has 0 aliphatic carbocycles. The molecule has 0 aromatic heterocycles. The third kappa shape index (κ3) is 13.7. The number of carboxylic acid groups (broad SMARTS) is 1. The molecule has 0 aliphatic rings. The van der Waals surface area contributed by atoms with Crippen molar-refractivity contribution in [2.75, 3.05) is 5.88 Å². The molecule has 0 bridgehead atoms. The molecule has 1 N–H and O–H groups in total. The number of hydrogen-bond donors (Lipinski definition) is 1. The van der Waals surface area contributed by atoms with Crippen molar-refractivity contribution in [2.45, 2.75) is 77.0 Å². The third-order valence-corrected chi connectivity index (χ3v) is 3.54. The zero-order valence-corrected chi connectivity index (χ0v) is 12.6. The average molecular weight is 291 g/mol. The van der Waals surface area contributed by atoms with Crippen molar-refractivity contribution in [3.63, 3.8) is 0 Å². The first-order valence-corrected chi connectivity index (χ1v) is 8.04. The summed E-state index contributed by atoms with van der Waals surface area (Å²) in [6.07, 6.45) is 13.0. The van der Waals surface area contributed by atoms with Gasteiger partial charge in [-0.2, -0.15) is 0 Å². The van der Waals surface area contributed by atoms with E-state index in [0.717, 1.165) is 25.1 Å². The van der Waals surface area contributed by atoms with Crippen LogP contribution >= 0.6 is 11.6 Å². The summed E-state index contributed by atoms with van der Waals surface area (Å²) in [6.45, 7) is 0. The Morgan fingerprint density at radius 3 is 1.42 bits per heavy atom. The SMILES string of the molecule is O=C(O)C(=O)CCCCCCCCCCCCCCl. The fourth-order valence-electron chi connectivity index (χ4n) is 2.08. The molecule has 0 aliphatic heterocycles. The van der Waals surface area contributed by atoms with Crippen LogP contribution in [0.2, 0.25) is 0 Å². The first kappa shape index (κ1) is 18.4. The van der Waals surface area contributed by atoms with Gasteiger partial charge in [0.05, 0.1) is 0 Å². The Labute approximate surface area is 121 Å². The lowest BCUT2D eigenvalue weighted by atomic mass is 10.0. The van der Waals surface area contributed by atoms with Gasteiger partial charge < -0.3 is 5.11 Å². The summed E-state index contributed by atoms with van der Waals surface area (Å²) < 4.78 is 0. The average Bonchev–Trinajstić information content (AvgIpc) is 2.39. The molecule has 0 fully saturated rings. The van der Waals surface area contributed by atoms with Gasteiger partial charge in [0.2, 0.25) is 5.78 Å². The molecule has 112 valence electrons. The molecule has 0 amide bonds. The Morgan fingerprint density at radius 1 is 0.684 bits per heavy atom. The lowest BCUT2D eigenvalue weighted by Gasteiger charge is -2.02. The van der Waals surface area contributed by atoms with Gasteiger partial charge in [0.15, 0.2) is 0 Å². The van der Waals surface area contributed by atoms with Crippen LogP contribution in [0.4, 0.5) is 0 Å². The number of halogens is 1. The highest BCUT2D eigenvalue weighted by Gasteiger charge is 2.09. The topological polar surface area (TPSA) is 54.4 Å². The monoisotopic (exact) mass is 290 g/mol. The number of rotatable bonds is 14. The van der Waals surface area contributed by atoms with E-state index in [9.17, 15) is 9.59 Å². The quantitative estimate of drug-likeness (QED) is 0.290. The van der Waals surface area contributed by atoms with Gasteiger partial charge in [0.25, 0.3) is 0 Å². The van der Waals surface area contributed by atoms with Crippen molar-refractivity contribution >= 4 is 23.4 Å². The van der Waals surface area contributed by atoms with E-state index < -0.39 is 11.8 Å². The molecule has 3 nitrogen and oxygen atoms in total. The van der Waals surface area contributed by atoms with E-state index in [1.165, 1.54) is 44.9 Å². The van der Waals surface area contributed by atoms with Crippen molar-refractivity contribution in [3.8, 4) is 0 Å². The van der Waals surface area contributed by atoms with Gasteiger partial charge in [-0.3, -0.25) is 4.79 Å². The number of alkyl halides is 1. The highest BCUT2D eigenvalue weighted by Crippen LogP contribution is 2.12. The summed E-state index contributed by atoms with van der Waals surface area (Å²) in [5.74, 6) is -1.17. The van der Waals surface area contributed by atoms with Crippen LogP contribution in [0.5, 0.6) is 0 Å². The van der Waals surface area contributed by atoms with Crippen LogP contribution in [-0.2, 0) is 9.59 Å². The van der Waals surface area contributed by atoms with Crippen LogP contribution < -0.4 is 0 Å². The standard InChI is InChI=1S/C15H27ClO3/c16-13-11-9-7-5-3-1-2-4-6-8-10-12-14(17)15(18)19/h1-13H2,(H,18,19). The lowest BCUT2D eigenvalue weighted by molar-refractivity contribution is -0.149.